The molecule has 1 heterocycles. The van der Waals surface area contributed by atoms with Crippen LogP contribution in [0, 0.1) is 5.92 Å². The van der Waals surface area contributed by atoms with E-state index in [4.69, 9.17) is 4.74 Å². The summed E-state index contributed by atoms with van der Waals surface area (Å²) in [6.45, 7) is 4.48. The van der Waals surface area contributed by atoms with Crippen LogP contribution < -0.4 is 9.64 Å². The average Bonchev–Trinajstić information content (AvgIpc) is 3.26. The van der Waals surface area contributed by atoms with Crippen LogP contribution in [0.25, 0.3) is 60.6 Å². The Bertz CT molecular complexity index is 2580. The van der Waals surface area contributed by atoms with Crippen LogP contribution in [0.3, 0.4) is 0 Å². The highest BCUT2D eigenvalue weighted by Gasteiger charge is 2.19. The fourth-order valence-electron chi connectivity index (χ4n) is 7.85. The van der Waals surface area contributed by atoms with Crippen molar-refractivity contribution >= 4 is 55.5 Å². The zero-order valence-electron chi connectivity index (χ0n) is 29.7. The van der Waals surface area contributed by atoms with Crippen LogP contribution in [-0.4, -0.2) is 6.10 Å². The lowest BCUT2D eigenvalue weighted by atomic mass is 9.94. The van der Waals surface area contributed by atoms with Crippen LogP contribution in [0.2, 0.25) is 0 Å². The van der Waals surface area contributed by atoms with Crippen molar-refractivity contribution < 1.29 is 4.74 Å². The van der Waals surface area contributed by atoms with Crippen molar-refractivity contribution in [2.45, 2.75) is 32.8 Å². The Hall–Kier alpha value is -6.12. The van der Waals surface area contributed by atoms with Crippen LogP contribution in [0.15, 0.2) is 170 Å². The number of hydrogen-bond donors (Lipinski definition) is 0. The first-order valence-electron chi connectivity index (χ1n) is 18.5. The summed E-state index contributed by atoms with van der Waals surface area (Å²) in [7, 11) is 0. The van der Waals surface area contributed by atoms with E-state index in [0.29, 0.717) is 5.92 Å². The van der Waals surface area contributed by atoms with Crippen molar-refractivity contribution in [3.8, 4) is 28.0 Å². The molecule has 0 N–H and O–H groups in total. The van der Waals surface area contributed by atoms with E-state index in [0.717, 1.165) is 41.2 Å². The van der Waals surface area contributed by atoms with Crippen LogP contribution in [0.4, 0.5) is 17.1 Å². The SMILES string of the molecule is CC1/C=C/c2cc(N(c3ccc(-c4ccccc4-c4ccccc4)cc3)c3ccc4c(ccc5c6ccccc6ccc45)c3)ccc2OC(C)CC1. The van der Waals surface area contributed by atoms with Crippen LogP contribution in [0.5, 0.6) is 5.75 Å². The molecule has 8 aromatic carbocycles. The van der Waals surface area contributed by atoms with E-state index >= 15 is 0 Å². The van der Waals surface area contributed by atoms with Gasteiger partial charge in [0.25, 0.3) is 0 Å². The largest absolute Gasteiger partial charge is 0.490 e. The van der Waals surface area contributed by atoms with E-state index < -0.39 is 0 Å². The van der Waals surface area contributed by atoms with Gasteiger partial charge >= 0.3 is 0 Å². The Balaban J connectivity index is 1.18. The predicted octanol–water partition coefficient (Wildman–Crippen LogP) is 14.2. The van der Waals surface area contributed by atoms with E-state index in [2.05, 4.69) is 195 Å². The van der Waals surface area contributed by atoms with Gasteiger partial charge in [-0.25, -0.2) is 0 Å². The topological polar surface area (TPSA) is 12.5 Å². The van der Waals surface area contributed by atoms with Crippen LogP contribution >= 0.6 is 0 Å². The third kappa shape index (κ3) is 6.01. The summed E-state index contributed by atoms with van der Waals surface area (Å²) >= 11 is 0. The van der Waals surface area contributed by atoms with E-state index in [1.807, 2.05) is 0 Å². The Kier molecular flexibility index (Phi) is 8.29. The molecule has 252 valence electrons. The number of benzene rings is 8. The highest BCUT2D eigenvalue weighted by Crippen LogP contribution is 2.42. The third-order valence-electron chi connectivity index (χ3n) is 10.6. The van der Waals surface area contributed by atoms with Gasteiger partial charge in [-0.05, 0) is 123 Å². The summed E-state index contributed by atoms with van der Waals surface area (Å²) in [5.41, 5.74) is 9.27. The molecule has 0 bridgehead atoms. The maximum absolute atomic E-state index is 6.48. The quantitative estimate of drug-likeness (QED) is 0.169. The molecule has 1 aliphatic heterocycles. The molecular weight excluding hydrogens is 631 g/mol. The van der Waals surface area contributed by atoms with Gasteiger partial charge < -0.3 is 9.64 Å². The van der Waals surface area contributed by atoms with E-state index in [9.17, 15) is 0 Å². The Morgan fingerprint density at radius 1 is 0.481 bits per heavy atom. The summed E-state index contributed by atoms with van der Waals surface area (Å²) in [6.07, 6.45) is 6.91. The number of hydrogen-bond acceptors (Lipinski definition) is 2. The first kappa shape index (κ1) is 31.8. The lowest BCUT2D eigenvalue weighted by Crippen LogP contribution is -2.13. The number of rotatable bonds is 5. The average molecular weight is 672 g/mol. The second kappa shape index (κ2) is 13.5. The Labute approximate surface area is 306 Å². The molecule has 0 fully saturated rings. The van der Waals surface area contributed by atoms with E-state index in [-0.39, 0.29) is 6.10 Å². The highest BCUT2D eigenvalue weighted by atomic mass is 16.5. The summed E-state index contributed by atoms with van der Waals surface area (Å²) in [5, 5.41) is 7.59. The molecule has 2 heteroatoms. The van der Waals surface area contributed by atoms with E-state index in [1.165, 1.54) is 54.6 Å². The minimum absolute atomic E-state index is 0.168. The first-order chi connectivity index (χ1) is 25.6. The summed E-state index contributed by atoms with van der Waals surface area (Å²) in [4.78, 5) is 2.38. The molecule has 1 aliphatic rings. The summed E-state index contributed by atoms with van der Waals surface area (Å²) < 4.78 is 6.48. The van der Waals surface area contributed by atoms with Crippen LogP contribution in [0.1, 0.15) is 32.3 Å². The molecule has 2 nitrogen and oxygen atoms in total. The van der Waals surface area contributed by atoms with Gasteiger partial charge in [0.1, 0.15) is 5.75 Å². The minimum atomic E-state index is 0.168. The highest BCUT2D eigenvalue weighted by molar-refractivity contribution is 6.17. The maximum Gasteiger partial charge on any atom is 0.127 e. The molecule has 8 aromatic rings. The van der Waals surface area contributed by atoms with Crippen molar-refractivity contribution in [1.82, 2.24) is 0 Å². The summed E-state index contributed by atoms with van der Waals surface area (Å²) in [6, 6.07) is 59.6. The molecule has 0 saturated heterocycles. The molecule has 2 atom stereocenters. The smallest absolute Gasteiger partial charge is 0.127 e. The predicted molar refractivity (Wildman–Crippen MR) is 222 cm³/mol. The monoisotopic (exact) mass is 671 g/mol. The van der Waals surface area contributed by atoms with Gasteiger partial charge in [0.15, 0.2) is 0 Å². The zero-order chi connectivity index (χ0) is 35.0. The minimum Gasteiger partial charge on any atom is -0.490 e. The van der Waals surface area contributed by atoms with Crippen molar-refractivity contribution in [3.63, 3.8) is 0 Å². The number of ether oxygens (including phenoxy) is 1. The molecule has 0 aromatic heterocycles. The molecule has 0 saturated carbocycles. The van der Waals surface area contributed by atoms with Crippen LogP contribution in [-0.2, 0) is 0 Å². The van der Waals surface area contributed by atoms with Crippen molar-refractivity contribution in [2.75, 3.05) is 4.90 Å². The molecule has 2 unspecified atom stereocenters. The van der Waals surface area contributed by atoms with Gasteiger partial charge in [0, 0.05) is 22.6 Å². The number of anilines is 3. The van der Waals surface area contributed by atoms with Gasteiger partial charge in [-0.15, -0.1) is 0 Å². The molecule has 0 radical (unpaired) electrons. The van der Waals surface area contributed by atoms with Gasteiger partial charge in [-0.2, -0.15) is 0 Å². The number of nitrogens with zero attached hydrogens (tertiary/aromatic N) is 1. The fourth-order valence-corrected chi connectivity index (χ4v) is 7.85. The normalized spacial score (nSPS) is 16.4. The van der Waals surface area contributed by atoms with Crippen molar-refractivity contribution in [1.29, 1.82) is 0 Å². The molecule has 0 amide bonds. The van der Waals surface area contributed by atoms with Gasteiger partial charge in [-0.1, -0.05) is 140 Å². The molecule has 9 rings (SSSR count). The fraction of sp³-hybridized carbons (Fsp3) is 0.120. The van der Waals surface area contributed by atoms with Gasteiger partial charge in [0.2, 0.25) is 0 Å². The second-order valence-corrected chi connectivity index (χ2v) is 14.2. The maximum atomic E-state index is 6.48. The standard InChI is InChI=1S/C50H41NO/c1-34-16-18-35(2)52-50-31-27-43(33-40(50)19-17-34)51(41-24-20-38(21-25-41)45-14-9-8-13-44(45)36-10-4-3-5-11-36)42-26-30-47-39(32-42)23-29-48-46-15-7-6-12-37(46)22-28-49(47)48/h3-15,17,19-35H,16,18H2,1-2H3/b19-17+. The zero-order valence-corrected chi connectivity index (χ0v) is 29.7. The van der Waals surface area contributed by atoms with Crippen molar-refractivity contribution in [2.24, 2.45) is 5.92 Å². The number of allylic oxidation sites excluding steroid dienone is 1. The van der Waals surface area contributed by atoms with Gasteiger partial charge in [-0.3, -0.25) is 0 Å². The third-order valence-corrected chi connectivity index (χ3v) is 10.6. The Morgan fingerprint density at radius 2 is 1.08 bits per heavy atom. The first-order valence-corrected chi connectivity index (χ1v) is 18.5. The molecule has 52 heavy (non-hydrogen) atoms. The lowest BCUT2D eigenvalue weighted by molar-refractivity contribution is 0.204. The molecule has 0 aliphatic carbocycles. The lowest BCUT2D eigenvalue weighted by Gasteiger charge is -2.27. The van der Waals surface area contributed by atoms with Crippen molar-refractivity contribution in [3.05, 3.63) is 175 Å². The Morgan fingerprint density at radius 3 is 1.87 bits per heavy atom. The second-order valence-electron chi connectivity index (χ2n) is 14.2. The van der Waals surface area contributed by atoms with Gasteiger partial charge in [0.05, 0.1) is 6.10 Å². The number of fused-ring (bicyclic) bond motifs is 6. The summed E-state index contributed by atoms with van der Waals surface area (Å²) in [5.74, 6) is 1.43. The molecule has 0 spiro atoms. The van der Waals surface area contributed by atoms with E-state index in [1.54, 1.807) is 0 Å². The molecular formula is C50H41NO.